The SMILES string of the molecule is CCN(C(C)COC)S(=O)(=O)c1ccc(CCNC)cc1. The Balaban J connectivity index is 2.95. The van der Waals surface area contributed by atoms with Gasteiger partial charge >= 0.3 is 0 Å². The molecule has 0 saturated heterocycles. The van der Waals surface area contributed by atoms with Gasteiger partial charge in [-0.2, -0.15) is 4.31 Å². The van der Waals surface area contributed by atoms with Crippen LogP contribution in [0.5, 0.6) is 0 Å². The zero-order chi connectivity index (χ0) is 15.9. The second-order valence-electron chi connectivity index (χ2n) is 5.01. The molecule has 0 radical (unpaired) electrons. The predicted molar refractivity (Wildman–Crippen MR) is 85.0 cm³/mol. The fourth-order valence-corrected chi connectivity index (χ4v) is 3.90. The summed E-state index contributed by atoms with van der Waals surface area (Å²) in [5, 5.41) is 3.08. The van der Waals surface area contributed by atoms with E-state index in [-0.39, 0.29) is 6.04 Å². The van der Waals surface area contributed by atoms with E-state index >= 15 is 0 Å². The first-order chi connectivity index (χ1) is 9.97. The van der Waals surface area contributed by atoms with Crippen LogP contribution in [0.1, 0.15) is 19.4 Å². The molecule has 1 aromatic rings. The van der Waals surface area contributed by atoms with Gasteiger partial charge in [0.05, 0.1) is 11.5 Å². The Kier molecular flexibility index (Phi) is 7.31. The zero-order valence-electron chi connectivity index (χ0n) is 13.3. The predicted octanol–water partition coefficient (Wildman–Crippen LogP) is 1.49. The van der Waals surface area contributed by atoms with Gasteiger partial charge in [-0.05, 0) is 44.6 Å². The lowest BCUT2D eigenvalue weighted by atomic mass is 10.1. The van der Waals surface area contributed by atoms with E-state index < -0.39 is 10.0 Å². The minimum Gasteiger partial charge on any atom is -0.383 e. The largest absolute Gasteiger partial charge is 0.383 e. The van der Waals surface area contributed by atoms with Gasteiger partial charge in [-0.15, -0.1) is 0 Å². The molecule has 1 N–H and O–H groups in total. The van der Waals surface area contributed by atoms with E-state index in [9.17, 15) is 8.42 Å². The Bertz CT molecular complexity index is 514. The fourth-order valence-electron chi connectivity index (χ4n) is 2.28. The molecule has 6 heteroatoms. The highest BCUT2D eigenvalue weighted by molar-refractivity contribution is 7.89. The third kappa shape index (κ3) is 4.78. The van der Waals surface area contributed by atoms with Crippen LogP contribution in [0.25, 0.3) is 0 Å². The first kappa shape index (κ1) is 18.1. The smallest absolute Gasteiger partial charge is 0.243 e. The lowest BCUT2D eigenvalue weighted by molar-refractivity contribution is 0.142. The molecule has 21 heavy (non-hydrogen) atoms. The van der Waals surface area contributed by atoms with Crippen molar-refractivity contribution in [2.75, 3.05) is 33.9 Å². The van der Waals surface area contributed by atoms with Crippen LogP contribution in [0.4, 0.5) is 0 Å². The van der Waals surface area contributed by atoms with E-state index in [1.54, 1.807) is 19.2 Å². The molecule has 0 aliphatic carbocycles. The van der Waals surface area contributed by atoms with Crippen LogP contribution in [0.2, 0.25) is 0 Å². The fraction of sp³-hybridized carbons (Fsp3) is 0.600. The van der Waals surface area contributed by atoms with Crippen LogP contribution < -0.4 is 5.32 Å². The molecule has 0 amide bonds. The summed E-state index contributed by atoms with van der Waals surface area (Å²) >= 11 is 0. The van der Waals surface area contributed by atoms with Gasteiger partial charge in [0.25, 0.3) is 0 Å². The molecule has 0 fully saturated rings. The van der Waals surface area contributed by atoms with Gasteiger partial charge < -0.3 is 10.1 Å². The Morgan fingerprint density at radius 1 is 1.29 bits per heavy atom. The van der Waals surface area contributed by atoms with Crippen LogP contribution in [-0.2, 0) is 21.2 Å². The van der Waals surface area contributed by atoms with Gasteiger partial charge in [-0.3, -0.25) is 0 Å². The van der Waals surface area contributed by atoms with Crippen molar-refractivity contribution in [2.24, 2.45) is 0 Å². The minimum absolute atomic E-state index is 0.186. The first-order valence-electron chi connectivity index (χ1n) is 7.21. The molecule has 0 heterocycles. The van der Waals surface area contributed by atoms with E-state index in [1.165, 1.54) is 4.31 Å². The van der Waals surface area contributed by atoms with Crippen LogP contribution in [0, 0.1) is 0 Å². The quantitative estimate of drug-likeness (QED) is 0.750. The standard InChI is InChI=1S/C15H26N2O3S/c1-5-17(13(2)12-20-4)21(18,19)15-8-6-14(7-9-15)10-11-16-3/h6-9,13,16H,5,10-12H2,1-4H3. The van der Waals surface area contributed by atoms with Crippen LogP contribution in [0.15, 0.2) is 29.2 Å². The normalized spacial score (nSPS) is 13.6. The minimum atomic E-state index is -3.47. The van der Waals surface area contributed by atoms with Gasteiger partial charge in [-0.1, -0.05) is 19.1 Å². The molecule has 5 nitrogen and oxygen atoms in total. The average molecular weight is 314 g/mol. The van der Waals surface area contributed by atoms with Crippen molar-refractivity contribution < 1.29 is 13.2 Å². The van der Waals surface area contributed by atoms with Crippen molar-refractivity contribution >= 4 is 10.0 Å². The van der Waals surface area contributed by atoms with Crippen molar-refractivity contribution in [3.63, 3.8) is 0 Å². The number of nitrogens with one attached hydrogen (secondary N) is 1. The molecule has 1 aromatic carbocycles. The Morgan fingerprint density at radius 3 is 2.38 bits per heavy atom. The maximum Gasteiger partial charge on any atom is 0.243 e. The number of nitrogens with zero attached hydrogens (tertiary/aromatic N) is 1. The van der Waals surface area contributed by atoms with Crippen molar-refractivity contribution in [1.82, 2.24) is 9.62 Å². The second-order valence-corrected chi connectivity index (χ2v) is 6.90. The molecule has 1 unspecified atom stereocenters. The summed E-state index contributed by atoms with van der Waals surface area (Å²) in [6, 6.07) is 6.93. The highest BCUT2D eigenvalue weighted by Gasteiger charge is 2.27. The molecule has 0 saturated carbocycles. The zero-order valence-corrected chi connectivity index (χ0v) is 14.1. The monoisotopic (exact) mass is 314 g/mol. The molecular formula is C15H26N2O3S. The van der Waals surface area contributed by atoms with E-state index in [4.69, 9.17) is 4.74 Å². The molecule has 1 atom stereocenters. The number of rotatable bonds is 9. The summed E-state index contributed by atoms with van der Waals surface area (Å²) in [6.07, 6.45) is 0.883. The Morgan fingerprint density at radius 2 is 1.90 bits per heavy atom. The van der Waals surface area contributed by atoms with Gasteiger partial charge in [0.2, 0.25) is 10.0 Å². The second kappa shape index (κ2) is 8.48. The summed E-state index contributed by atoms with van der Waals surface area (Å²) in [7, 11) is 0.00274. The molecule has 0 aliphatic rings. The van der Waals surface area contributed by atoms with Crippen LogP contribution in [0.3, 0.4) is 0 Å². The summed E-state index contributed by atoms with van der Waals surface area (Å²) in [4.78, 5) is 0.334. The Hall–Kier alpha value is -0.950. The summed E-state index contributed by atoms with van der Waals surface area (Å²) in [6.45, 7) is 5.37. The van der Waals surface area contributed by atoms with Crippen LogP contribution in [-0.4, -0.2) is 52.6 Å². The topological polar surface area (TPSA) is 58.6 Å². The number of ether oxygens (including phenoxy) is 1. The molecule has 1 rings (SSSR count). The van der Waals surface area contributed by atoms with Crippen LogP contribution >= 0.6 is 0 Å². The van der Waals surface area contributed by atoms with Crippen molar-refractivity contribution in [2.45, 2.75) is 31.2 Å². The molecule has 0 aromatic heterocycles. The summed E-state index contributed by atoms with van der Waals surface area (Å²) in [5.74, 6) is 0. The van der Waals surface area contributed by atoms with Crippen molar-refractivity contribution in [1.29, 1.82) is 0 Å². The maximum absolute atomic E-state index is 12.7. The summed E-state index contributed by atoms with van der Waals surface area (Å²) in [5.41, 5.74) is 1.12. The third-order valence-corrected chi connectivity index (χ3v) is 5.51. The number of benzene rings is 1. The lowest BCUT2D eigenvalue weighted by Gasteiger charge is -2.26. The van der Waals surface area contributed by atoms with Gasteiger partial charge in [-0.25, -0.2) is 8.42 Å². The van der Waals surface area contributed by atoms with E-state index in [0.717, 1.165) is 18.5 Å². The number of methoxy groups -OCH3 is 1. The lowest BCUT2D eigenvalue weighted by Crippen LogP contribution is -2.40. The van der Waals surface area contributed by atoms with Crippen molar-refractivity contribution in [3.05, 3.63) is 29.8 Å². The first-order valence-corrected chi connectivity index (χ1v) is 8.65. The highest BCUT2D eigenvalue weighted by Crippen LogP contribution is 2.19. The van der Waals surface area contributed by atoms with E-state index in [0.29, 0.717) is 18.0 Å². The van der Waals surface area contributed by atoms with E-state index in [1.807, 2.05) is 33.0 Å². The molecule has 120 valence electrons. The van der Waals surface area contributed by atoms with Gasteiger partial charge in [0, 0.05) is 19.7 Å². The summed E-state index contributed by atoms with van der Waals surface area (Å²) < 4.78 is 31.9. The van der Waals surface area contributed by atoms with Crippen molar-refractivity contribution in [3.8, 4) is 0 Å². The molecule has 0 spiro atoms. The number of sulfonamides is 1. The Labute approximate surface area is 128 Å². The number of hydrogen-bond donors (Lipinski definition) is 1. The average Bonchev–Trinajstić information content (AvgIpc) is 2.46. The molecular weight excluding hydrogens is 288 g/mol. The van der Waals surface area contributed by atoms with Gasteiger partial charge in [0.15, 0.2) is 0 Å². The number of hydrogen-bond acceptors (Lipinski definition) is 4. The highest BCUT2D eigenvalue weighted by atomic mass is 32.2. The maximum atomic E-state index is 12.7. The number of likely N-dealkylation sites (N-methyl/N-ethyl adjacent to an activating group) is 2. The van der Waals surface area contributed by atoms with Gasteiger partial charge in [0.1, 0.15) is 0 Å². The molecule has 0 bridgehead atoms. The third-order valence-electron chi connectivity index (χ3n) is 3.40. The molecule has 0 aliphatic heterocycles. The van der Waals surface area contributed by atoms with E-state index in [2.05, 4.69) is 5.32 Å².